The van der Waals surface area contributed by atoms with Crippen LogP contribution in [0.1, 0.15) is 10.4 Å². The van der Waals surface area contributed by atoms with E-state index in [1.165, 1.54) is 52.8 Å². The third-order valence-electron chi connectivity index (χ3n) is 4.40. The van der Waals surface area contributed by atoms with Crippen LogP contribution in [0.3, 0.4) is 0 Å². The number of anilines is 1. The first-order valence-corrected chi connectivity index (χ1v) is 11.8. The van der Waals surface area contributed by atoms with E-state index in [1.54, 1.807) is 0 Å². The van der Waals surface area contributed by atoms with Crippen molar-refractivity contribution in [1.29, 1.82) is 0 Å². The molecule has 12 heteroatoms. The number of hydrogen-bond acceptors (Lipinski definition) is 7. The number of ether oxygens (including phenoxy) is 2. The number of halogens is 2. The van der Waals surface area contributed by atoms with Gasteiger partial charge in [0.2, 0.25) is 10.0 Å². The summed E-state index contributed by atoms with van der Waals surface area (Å²) in [6, 6.07) is 11.0. The molecule has 0 unspecified atom stereocenters. The van der Waals surface area contributed by atoms with Gasteiger partial charge in [-0.05, 0) is 48.5 Å². The first-order valence-electron chi connectivity index (χ1n) is 9.45. The maximum absolute atomic E-state index is 12.6. The zero-order valence-electron chi connectivity index (χ0n) is 16.7. The lowest BCUT2D eigenvalue weighted by Crippen LogP contribution is -2.40. The number of hydrogen-bond donors (Lipinski definition) is 1. The summed E-state index contributed by atoms with van der Waals surface area (Å²) in [5, 5.41) is 2.49. The molecular weight excluding hydrogens is 466 g/mol. The van der Waals surface area contributed by atoms with Gasteiger partial charge in [-0.15, -0.1) is 0 Å². The van der Waals surface area contributed by atoms with Gasteiger partial charge in [0, 0.05) is 23.7 Å². The van der Waals surface area contributed by atoms with E-state index in [0.29, 0.717) is 35.6 Å². The third kappa shape index (κ3) is 6.48. The molecule has 2 aromatic rings. The fraction of sp³-hybridized carbons (Fsp3) is 0.300. The summed E-state index contributed by atoms with van der Waals surface area (Å²) in [6.45, 7) is 0.596. The molecule has 1 aliphatic heterocycles. The third-order valence-corrected chi connectivity index (χ3v) is 7.03. The molecule has 2 aromatic carbocycles. The number of benzene rings is 2. The summed E-state index contributed by atoms with van der Waals surface area (Å²) in [5.41, 5.74) is 0.453. The topological polar surface area (TPSA) is 102 Å². The van der Waals surface area contributed by atoms with Crippen LogP contribution in [0, 0.1) is 0 Å². The van der Waals surface area contributed by atoms with E-state index in [0.717, 1.165) is 0 Å². The Morgan fingerprint density at radius 3 is 2.28 bits per heavy atom. The van der Waals surface area contributed by atoms with Crippen molar-refractivity contribution in [3.8, 4) is 0 Å². The summed E-state index contributed by atoms with van der Waals surface area (Å²) >= 11 is 0.387. The van der Waals surface area contributed by atoms with Gasteiger partial charge in [-0.25, -0.2) is 13.2 Å². The second-order valence-corrected chi connectivity index (χ2v) is 9.57. The summed E-state index contributed by atoms with van der Waals surface area (Å²) in [7, 11) is -3.68. The highest BCUT2D eigenvalue weighted by molar-refractivity contribution is 7.99. The number of thioether (sulfide) groups is 1. The number of carbonyl (C=O) groups excluding carboxylic acids is 2. The average Bonchev–Trinajstić information content (AvgIpc) is 2.79. The lowest BCUT2D eigenvalue weighted by Gasteiger charge is -2.26. The monoisotopic (exact) mass is 486 g/mol. The predicted octanol–water partition coefficient (Wildman–Crippen LogP) is 2.82. The maximum Gasteiger partial charge on any atom is 0.338 e. The van der Waals surface area contributed by atoms with E-state index >= 15 is 0 Å². The molecule has 1 fully saturated rings. The second-order valence-electron chi connectivity index (χ2n) is 6.57. The van der Waals surface area contributed by atoms with Crippen molar-refractivity contribution in [2.45, 2.75) is 15.5 Å². The Balaban J connectivity index is 1.51. The molecule has 1 aliphatic rings. The van der Waals surface area contributed by atoms with Crippen LogP contribution in [0.2, 0.25) is 0 Å². The quantitative estimate of drug-likeness (QED) is 0.452. The minimum atomic E-state index is -3.68. The number of nitrogens with zero attached hydrogens (tertiary/aromatic N) is 1. The highest BCUT2D eigenvalue weighted by Crippen LogP contribution is 2.26. The SMILES string of the molecule is O=C(COC(=O)c1ccc(S(=O)(=O)N2CCOCC2)cc1)Nc1ccc(SC(F)F)cc1. The summed E-state index contributed by atoms with van der Waals surface area (Å²) in [6.07, 6.45) is 0. The van der Waals surface area contributed by atoms with Gasteiger partial charge in [0.15, 0.2) is 6.61 Å². The summed E-state index contributed by atoms with van der Waals surface area (Å²) < 4.78 is 61.2. The van der Waals surface area contributed by atoms with E-state index in [-0.39, 0.29) is 23.5 Å². The first-order chi connectivity index (χ1) is 15.3. The van der Waals surface area contributed by atoms with Crippen molar-refractivity contribution < 1.29 is 36.3 Å². The Labute approximate surface area is 187 Å². The lowest BCUT2D eigenvalue weighted by atomic mass is 10.2. The van der Waals surface area contributed by atoms with Crippen LogP contribution in [-0.4, -0.2) is 63.3 Å². The fourth-order valence-electron chi connectivity index (χ4n) is 2.83. The second kappa shape index (κ2) is 10.9. The largest absolute Gasteiger partial charge is 0.452 e. The lowest BCUT2D eigenvalue weighted by molar-refractivity contribution is -0.119. The molecule has 0 aliphatic carbocycles. The van der Waals surface area contributed by atoms with Crippen molar-refractivity contribution >= 4 is 39.3 Å². The van der Waals surface area contributed by atoms with Crippen molar-refractivity contribution in [2.24, 2.45) is 0 Å². The molecule has 1 heterocycles. The molecule has 0 atom stereocenters. The zero-order valence-corrected chi connectivity index (χ0v) is 18.3. The average molecular weight is 487 g/mol. The van der Waals surface area contributed by atoms with Crippen molar-refractivity contribution in [2.75, 3.05) is 38.2 Å². The highest BCUT2D eigenvalue weighted by atomic mass is 32.2. The van der Waals surface area contributed by atoms with E-state index in [9.17, 15) is 26.8 Å². The van der Waals surface area contributed by atoms with Crippen LogP contribution in [0.15, 0.2) is 58.3 Å². The van der Waals surface area contributed by atoms with Gasteiger partial charge < -0.3 is 14.8 Å². The highest BCUT2D eigenvalue weighted by Gasteiger charge is 2.26. The number of esters is 1. The fourth-order valence-corrected chi connectivity index (χ4v) is 4.74. The van der Waals surface area contributed by atoms with Crippen molar-refractivity contribution in [1.82, 2.24) is 4.31 Å². The molecule has 1 saturated heterocycles. The van der Waals surface area contributed by atoms with Crippen LogP contribution >= 0.6 is 11.8 Å². The number of nitrogens with one attached hydrogen (secondary N) is 1. The number of sulfonamides is 1. The molecule has 1 amide bonds. The van der Waals surface area contributed by atoms with Gasteiger partial charge in [0.1, 0.15) is 0 Å². The molecule has 172 valence electrons. The van der Waals surface area contributed by atoms with Crippen LogP contribution in [0.4, 0.5) is 14.5 Å². The molecule has 3 rings (SSSR count). The van der Waals surface area contributed by atoms with Crippen LogP contribution < -0.4 is 5.32 Å². The standard InChI is InChI=1S/C20H20F2N2O6S2/c21-20(22)31-16-5-3-15(4-6-16)23-18(25)13-30-19(26)14-1-7-17(8-2-14)32(27,28)24-9-11-29-12-10-24/h1-8,20H,9-13H2,(H,23,25). The number of amides is 1. The minimum absolute atomic E-state index is 0.0437. The molecule has 1 N–H and O–H groups in total. The van der Waals surface area contributed by atoms with Crippen LogP contribution in [0.5, 0.6) is 0 Å². The zero-order chi connectivity index (χ0) is 23.1. The Hall–Kier alpha value is -2.54. The van der Waals surface area contributed by atoms with Gasteiger partial charge in [-0.2, -0.15) is 13.1 Å². The van der Waals surface area contributed by atoms with Crippen molar-refractivity contribution in [3.63, 3.8) is 0 Å². The Morgan fingerprint density at radius 1 is 1.06 bits per heavy atom. The van der Waals surface area contributed by atoms with Gasteiger partial charge >= 0.3 is 5.97 Å². The molecule has 0 saturated carbocycles. The van der Waals surface area contributed by atoms with Crippen LogP contribution in [-0.2, 0) is 24.3 Å². The molecule has 0 aromatic heterocycles. The van der Waals surface area contributed by atoms with Crippen LogP contribution in [0.25, 0.3) is 0 Å². The van der Waals surface area contributed by atoms with Gasteiger partial charge in [-0.1, -0.05) is 11.8 Å². The van der Waals surface area contributed by atoms with E-state index in [4.69, 9.17) is 9.47 Å². The minimum Gasteiger partial charge on any atom is -0.452 e. The molecule has 32 heavy (non-hydrogen) atoms. The predicted molar refractivity (Wildman–Crippen MR) is 113 cm³/mol. The Kier molecular flexibility index (Phi) is 8.18. The van der Waals surface area contributed by atoms with Gasteiger partial charge in [0.05, 0.1) is 23.7 Å². The number of rotatable bonds is 8. The number of carbonyl (C=O) groups is 2. The molecule has 0 spiro atoms. The summed E-state index contributed by atoms with van der Waals surface area (Å²) in [5.74, 6) is -3.94. The Bertz CT molecular complexity index is 1040. The van der Waals surface area contributed by atoms with E-state index in [2.05, 4.69) is 5.32 Å². The first kappa shape index (κ1) is 24.1. The van der Waals surface area contributed by atoms with Gasteiger partial charge in [0.25, 0.3) is 11.7 Å². The molecular formula is C20H20F2N2O6S2. The summed E-state index contributed by atoms with van der Waals surface area (Å²) in [4.78, 5) is 24.5. The number of alkyl halides is 2. The van der Waals surface area contributed by atoms with Crippen molar-refractivity contribution in [3.05, 3.63) is 54.1 Å². The maximum atomic E-state index is 12.6. The number of morpholine rings is 1. The molecule has 0 bridgehead atoms. The molecule has 0 radical (unpaired) electrons. The molecule has 8 nitrogen and oxygen atoms in total. The van der Waals surface area contributed by atoms with E-state index in [1.807, 2.05) is 0 Å². The normalized spacial score (nSPS) is 14.8. The van der Waals surface area contributed by atoms with E-state index < -0.39 is 34.3 Å². The van der Waals surface area contributed by atoms with Gasteiger partial charge in [-0.3, -0.25) is 4.79 Å². The smallest absolute Gasteiger partial charge is 0.338 e. The Morgan fingerprint density at radius 2 is 1.69 bits per heavy atom.